The average molecular weight is 342 g/mol. The van der Waals surface area contributed by atoms with E-state index < -0.39 is 3.79 Å². The Labute approximate surface area is 142 Å². The Kier molecular flexibility index (Phi) is 5.60. The highest BCUT2D eigenvalue weighted by Crippen LogP contribution is 2.45. The van der Waals surface area contributed by atoms with E-state index in [2.05, 4.69) is 62.4 Å². The summed E-state index contributed by atoms with van der Waals surface area (Å²) >= 11 is 18.7. The summed E-state index contributed by atoms with van der Waals surface area (Å²) in [5, 5.41) is 0. The summed E-state index contributed by atoms with van der Waals surface area (Å²) in [4.78, 5) is 0. The second-order valence-corrected chi connectivity index (χ2v) is 7.53. The zero-order valence-electron chi connectivity index (χ0n) is 12.2. The zero-order valence-corrected chi connectivity index (χ0v) is 14.5. The molecule has 0 fully saturated rings. The minimum atomic E-state index is -1.37. The molecule has 2 rings (SSSR count). The summed E-state index contributed by atoms with van der Waals surface area (Å²) in [6.07, 6.45) is 2.01. The molecule has 0 unspecified atom stereocenters. The summed E-state index contributed by atoms with van der Waals surface area (Å²) in [5.74, 6) is -0.265. The number of alkyl halides is 3. The lowest BCUT2D eigenvalue weighted by molar-refractivity contribution is 0.836. The van der Waals surface area contributed by atoms with E-state index in [-0.39, 0.29) is 5.92 Å². The maximum absolute atomic E-state index is 6.25. The molecule has 0 heterocycles. The van der Waals surface area contributed by atoms with Crippen molar-refractivity contribution in [2.75, 3.05) is 0 Å². The molecule has 0 amide bonds. The van der Waals surface area contributed by atoms with Gasteiger partial charge in [0, 0.05) is 0 Å². The van der Waals surface area contributed by atoms with Crippen molar-refractivity contribution in [2.24, 2.45) is 0 Å². The van der Waals surface area contributed by atoms with Gasteiger partial charge in [-0.2, -0.15) is 0 Å². The third-order valence-electron chi connectivity index (χ3n) is 3.77. The molecule has 3 heteroatoms. The average Bonchev–Trinajstić information content (AvgIpc) is 2.47. The van der Waals surface area contributed by atoms with Crippen molar-refractivity contribution in [3.63, 3.8) is 0 Å². The van der Waals surface area contributed by atoms with Gasteiger partial charge in [-0.25, -0.2) is 0 Å². The first-order valence-electron chi connectivity index (χ1n) is 7.20. The molecule has 0 saturated carbocycles. The minimum Gasteiger partial charge on any atom is -0.0826 e. The van der Waals surface area contributed by atoms with E-state index in [4.69, 9.17) is 34.8 Å². The highest BCUT2D eigenvalue weighted by atomic mass is 35.6. The fraction of sp³-hybridized carbons (Fsp3) is 0.333. The van der Waals surface area contributed by atoms with Crippen LogP contribution in [0.25, 0.3) is 0 Å². The Hall–Kier alpha value is -0.690. The number of rotatable bonds is 4. The fourth-order valence-electron chi connectivity index (χ4n) is 2.46. The summed E-state index contributed by atoms with van der Waals surface area (Å²) < 4.78 is -1.37. The van der Waals surface area contributed by atoms with Crippen molar-refractivity contribution in [3.8, 4) is 0 Å². The third-order valence-corrected chi connectivity index (χ3v) is 4.42. The van der Waals surface area contributed by atoms with Crippen LogP contribution < -0.4 is 0 Å². The first kappa shape index (κ1) is 16.7. The van der Waals surface area contributed by atoms with E-state index in [1.54, 1.807) is 0 Å². The molecule has 0 atom stereocenters. The molecule has 0 aliphatic rings. The van der Waals surface area contributed by atoms with Gasteiger partial charge in [0.2, 0.25) is 3.79 Å². The van der Waals surface area contributed by atoms with Gasteiger partial charge < -0.3 is 0 Å². The molecule has 0 N–H and O–H groups in total. The van der Waals surface area contributed by atoms with Crippen LogP contribution in [0.15, 0.2) is 48.5 Å². The van der Waals surface area contributed by atoms with E-state index in [1.165, 1.54) is 11.1 Å². The van der Waals surface area contributed by atoms with Crippen molar-refractivity contribution in [1.29, 1.82) is 0 Å². The maximum atomic E-state index is 6.25. The molecule has 0 saturated heterocycles. The molecule has 2 aromatic carbocycles. The third kappa shape index (κ3) is 4.16. The Morgan fingerprint density at radius 2 is 1.05 bits per heavy atom. The molecule has 0 nitrogen and oxygen atoms in total. The van der Waals surface area contributed by atoms with Crippen LogP contribution in [-0.2, 0) is 12.8 Å². The largest absolute Gasteiger partial charge is 0.201 e. The molecule has 2 aromatic rings. The molecular weight excluding hydrogens is 323 g/mol. The SMILES string of the molecule is CCc1ccc(C(c2ccc(CC)cc2)C(Cl)(Cl)Cl)cc1. The molecule has 0 aliphatic heterocycles. The van der Waals surface area contributed by atoms with Crippen LogP contribution in [0.3, 0.4) is 0 Å². The second-order valence-electron chi connectivity index (χ2n) is 5.16. The summed E-state index contributed by atoms with van der Waals surface area (Å²) in [6.45, 7) is 4.26. The monoisotopic (exact) mass is 340 g/mol. The van der Waals surface area contributed by atoms with Crippen molar-refractivity contribution in [2.45, 2.75) is 36.4 Å². The predicted octanol–water partition coefficient (Wildman–Crippen LogP) is 6.31. The van der Waals surface area contributed by atoms with Crippen LogP contribution in [0, 0.1) is 0 Å². The zero-order chi connectivity index (χ0) is 15.5. The summed E-state index contributed by atoms with van der Waals surface area (Å²) in [7, 11) is 0. The van der Waals surface area contributed by atoms with Gasteiger partial charge in [-0.3, -0.25) is 0 Å². The lowest BCUT2D eigenvalue weighted by atomic mass is 9.91. The van der Waals surface area contributed by atoms with Gasteiger partial charge in [-0.1, -0.05) is 97.2 Å². The Morgan fingerprint density at radius 1 is 0.714 bits per heavy atom. The number of hydrogen-bond donors (Lipinski definition) is 0. The van der Waals surface area contributed by atoms with Gasteiger partial charge in [0.15, 0.2) is 0 Å². The van der Waals surface area contributed by atoms with Gasteiger partial charge in [0.05, 0.1) is 5.92 Å². The topological polar surface area (TPSA) is 0 Å². The van der Waals surface area contributed by atoms with Crippen molar-refractivity contribution in [1.82, 2.24) is 0 Å². The van der Waals surface area contributed by atoms with Crippen molar-refractivity contribution < 1.29 is 0 Å². The van der Waals surface area contributed by atoms with Crippen LogP contribution in [0.1, 0.15) is 42.0 Å². The minimum absolute atomic E-state index is 0.265. The number of aryl methyl sites for hydroxylation is 2. The second kappa shape index (κ2) is 7.05. The van der Waals surface area contributed by atoms with Crippen LogP contribution in [-0.4, -0.2) is 3.79 Å². The van der Waals surface area contributed by atoms with E-state index in [1.807, 2.05) is 0 Å². The first-order valence-corrected chi connectivity index (χ1v) is 8.33. The van der Waals surface area contributed by atoms with Crippen molar-refractivity contribution >= 4 is 34.8 Å². The van der Waals surface area contributed by atoms with Crippen LogP contribution in [0.5, 0.6) is 0 Å². The summed E-state index contributed by atoms with van der Waals surface area (Å²) in [6, 6.07) is 16.6. The van der Waals surface area contributed by atoms with Crippen LogP contribution >= 0.6 is 34.8 Å². The maximum Gasteiger partial charge on any atom is 0.201 e. The van der Waals surface area contributed by atoms with E-state index in [9.17, 15) is 0 Å². The van der Waals surface area contributed by atoms with Crippen molar-refractivity contribution in [3.05, 3.63) is 70.8 Å². The van der Waals surface area contributed by atoms with E-state index >= 15 is 0 Å². The highest BCUT2D eigenvalue weighted by Gasteiger charge is 2.35. The quantitative estimate of drug-likeness (QED) is 0.571. The lowest BCUT2D eigenvalue weighted by Gasteiger charge is -2.26. The number of hydrogen-bond acceptors (Lipinski definition) is 0. The van der Waals surface area contributed by atoms with Gasteiger partial charge in [0.25, 0.3) is 0 Å². The molecule has 0 aliphatic carbocycles. The van der Waals surface area contributed by atoms with E-state index in [0.29, 0.717) is 0 Å². The van der Waals surface area contributed by atoms with Crippen LogP contribution in [0.2, 0.25) is 0 Å². The Bertz CT molecular complexity index is 517. The molecule has 0 spiro atoms. The van der Waals surface area contributed by atoms with Gasteiger partial charge in [-0.15, -0.1) is 0 Å². The number of benzene rings is 2. The molecule has 0 aromatic heterocycles. The first-order chi connectivity index (χ1) is 9.95. The highest BCUT2D eigenvalue weighted by molar-refractivity contribution is 6.68. The van der Waals surface area contributed by atoms with Crippen LogP contribution in [0.4, 0.5) is 0 Å². The lowest BCUT2D eigenvalue weighted by Crippen LogP contribution is -2.18. The molecule has 0 bridgehead atoms. The predicted molar refractivity (Wildman–Crippen MR) is 93.8 cm³/mol. The smallest absolute Gasteiger partial charge is 0.0826 e. The molecule has 0 radical (unpaired) electrons. The van der Waals surface area contributed by atoms with E-state index in [0.717, 1.165) is 24.0 Å². The Morgan fingerprint density at radius 3 is 1.29 bits per heavy atom. The Balaban J connectivity index is 2.41. The fourth-order valence-corrected chi connectivity index (χ4v) is 3.22. The van der Waals surface area contributed by atoms with Gasteiger partial charge in [-0.05, 0) is 35.1 Å². The summed E-state index contributed by atoms with van der Waals surface area (Å²) in [5.41, 5.74) is 4.61. The molecule has 112 valence electrons. The van der Waals surface area contributed by atoms with Gasteiger partial charge >= 0.3 is 0 Å². The normalized spacial score (nSPS) is 11.9. The molecular formula is C18H19Cl3. The standard InChI is InChI=1S/C18H19Cl3/c1-3-13-5-9-15(10-6-13)17(18(19,20)21)16-11-7-14(4-2)8-12-16/h5-12,17H,3-4H2,1-2H3. The van der Waals surface area contributed by atoms with Gasteiger partial charge in [0.1, 0.15) is 0 Å². The molecule has 21 heavy (non-hydrogen) atoms. The number of halogens is 3.